The molecule has 1 heterocycles. The van der Waals surface area contributed by atoms with Crippen LogP contribution in [0.1, 0.15) is 34.3 Å². The molecule has 18 heavy (non-hydrogen) atoms. The molecule has 3 rings (SSSR count). The van der Waals surface area contributed by atoms with Crippen LogP contribution in [0.15, 0.2) is 36.5 Å². The van der Waals surface area contributed by atoms with Crippen LogP contribution in [0.25, 0.3) is 0 Å². The van der Waals surface area contributed by atoms with Crippen molar-refractivity contribution in [3.8, 4) is 0 Å². The van der Waals surface area contributed by atoms with Crippen molar-refractivity contribution in [1.82, 2.24) is 10.3 Å². The second kappa shape index (κ2) is 5.21. The van der Waals surface area contributed by atoms with Gasteiger partial charge in [-0.1, -0.05) is 30.3 Å². The van der Waals surface area contributed by atoms with E-state index >= 15 is 0 Å². The van der Waals surface area contributed by atoms with E-state index < -0.39 is 0 Å². The van der Waals surface area contributed by atoms with Crippen LogP contribution in [0.2, 0.25) is 0 Å². The van der Waals surface area contributed by atoms with Gasteiger partial charge in [-0.05, 0) is 31.2 Å². The number of aryl methyl sites for hydroxylation is 1. The molecule has 1 aliphatic rings. The van der Waals surface area contributed by atoms with Crippen LogP contribution < -0.4 is 5.32 Å². The highest BCUT2D eigenvalue weighted by Gasteiger charge is 2.31. The summed E-state index contributed by atoms with van der Waals surface area (Å²) in [6.45, 7) is 2.99. The molecule has 1 N–H and O–H groups in total. The number of hydrogen-bond acceptors (Lipinski definition) is 3. The Kier molecular flexibility index (Phi) is 3.43. The Bertz CT molecular complexity index is 502. The Balaban J connectivity index is 1.68. The van der Waals surface area contributed by atoms with Gasteiger partial charge in [-0.3, -0.25) is 0 Å². The predicted octanol–water partition coefficient (Wildman–Crippen LogP) is 3.69. The van der Waals surface area contributed by atoms with Crippen molar-refractivity contribution < 1.29 is 0 Å². The zero-order chi connectivity index (χ0) is 12.4. The van der Waals surface area contributed by atoms with Gasteiger partial charge in [0.1, 0.15) is 5.01 Å². The third-order valence-corrected chi connectivity index (χ3v) is 4.31. The minimum atomic E-state index is 0.496. The first-order valence-electron chi connectivity index (χ1n) is 6.52. The molecule has 0 bridgehead atoms. The van der Waals surface area contributed by atoms with Crippen molar-refractivity contribution in [2.75, 3.05) is 0 Å². The van der Waals surface area contributed by atoms with Crippen LogP contribution in [0.5, 0.6) is 0 Å². The van der Waals surface area contributed by atoms with E-state index in [9.17, 15) is 0 Å². The molecule has 0 aliphatic heterocycles. The molecule has 2 aromatic rings. The second-order valence-electron chi connectivity index (χ2n) is 4.97. The van der Waals surface area contributed by atoms with Gasteiger partial charge in [0, 0.05) is 23.7 Å². The van der Waals surface area contributed by atoms with Crippen LogP contribution in [-0.4, -0.2) is 4.98 Å². The van der Waals surface area contributed by atoms with E-state index in [1.807, 2.05) is 6.20 Å². The molecule has 0 radical (unpaired) electrons. The summed E-state index contributed by atoms with van der Waals surface area (Å²) in [5.74, 6) is 0.813. The molecule has 94 valence electrons. The van der Waals surface area contributed by atoms with Crippen molar-refractivity contribution in [3.63, 3.8) is 0 Å². The maximum absolute atomic E-state index is 4.42. The molecule has 0 spiro atoms. The van der Waals surface area contributed by atoms with E-state index in [1.165, 1.54) is 28.3 Å². The van der Waals surface area contributed by atoms with Crippen LogP contribution in [-0.2, 0) is 6.54 Å². The minimum Gasteiger partial charge on any atom is -0.303 e. The Morgan fingerprint density at radius 3 is 2.72 bits per heavy atom. The fourth-order valence-corrected chi connectivity index (χ4v) is 3.07. The monoisotopic (exact) mass is 258 g/mol. The normalized spacial score (nSPS) is 16.7. The van der Waals surface area contributed by atoms with Gasteiger partial charge in [-0.15, -0.1) is 11.3 Å². The van der Waals surface area contributed by atoms with E-state index in [-0.39, 0.29) is 0 Å². The summed E-state index contributed by atoms with van der Waals surface area (Å²) >= 11 is 1.78. The summed E-state index contributed by atoms with van der Waals surface area (Å²) < 4.78 is 0. The van der Waals surface area contributed by atoms with Crippen LogP contribution >= 0.6 is 11.3 Å². The van der Waals surface area contributed by atoms with Crippen LogP contribution in [0.4, 0.5) is 0 Å². The molecule has 0 amide bonds. The van der Waals surface area contributed by atoms with Gasteiger partial charge in [-0.25, -0.2) is 4.98 Å². The van der Waals surface area contributed by atoms with E-state index in [0.29, 0.717) is 6.04 Å². The zero-order valence-corrected chi connectivity index (χ0v) is 11.4. The van der Waals surface area contributed by atoms with Gasteiger partial charge in [-0.2, -0.15) is 0 Å². The quantitative estimate of drug-likeness (QED) is 0.884. The van der Waals surface area contributed by atoms with Crippen LogP contribution in [0.3, 0.4) is 0 Å². The SMILES string of the molecule is Cc1cnc(CNC(c2ccccc2)C2CC2)s1. The standard InChI is InChI=1S/C15H18N2S/c1-11-9-16-14(18-11)10-17-15(13-7-8-13)12-5-3-2-4-6-12/h2-6,9,13,15,17H,7-8,10H2,1H3. The highest BCUT2D eigenvalue weighted by Crippen LogP contribution is 2.41. The van der Waals surface area contributed by atoms with Crippen molar-refractivity contribution in [3.05, 3.63) is 52.0 Å². The summed E-state index contributed by atoms with van der Waals surface area (Å²) in [5.41, 5.74) is 1.41. The first kappa shape index (κ1) is 11.9. The molecular weight excluding hydrogens is 240 g/mol. The molecule has 1 aromatic carbocycles. The van der Waals surface area contributed by atoms with E-state index in [1.54, 1.807) is 11.3 Å². The van der Waals surface area contributed by atoms with Gasteiger partial charge in [0.2, 0.25) is 0 Å². The fraction of sp³-hybridized carbons (Fsp3) is 0.400. The Morgan fingerprint density at radius 1 is 1.33 bits per heavy atom. The number of nitrogens with one attached hydrogen (secondary N) is 1. The number of aromatic nitrogens is 1. The first-order valence-corrected chi connectivity index (χ1v) is 7.34. The topological polar surface area (TPSA) is 24.9 Å². The lowest BCUT2D eigenvalue weighted by Gasteiger charge is -2.18. The number of rotatable bonds is 5. The summed E-state index contributed by atoms with van der Waals surface area (Å²) in [6, 6.07) is 11.3. The Morgan fingerprint density at radius 2 is 2.11 bits per heavy atom. The lowest BCUT2D eigenvalue weighted by molar-refractivity contribution is 0.479. The fourth-order valence-electron chi connectivity index (χ4n) is 2.33. The van der Waals surface area contributed by atoms with Crippen molar-refractivity contribution in [2.24, 2.45) is 5.92 Å². The predicted molar refractivity (Wildman–Crippen MR) is 75.6 cm³/mol. The van der Waals surface area contributed by atoms with E-state index in [0.717, 1.165) is 12.5 Å². The third kappa shape index (κ3) is 2.79. The zero-order valence-electron chi connectivity index (χ0n) is 10.6. The van der Waals surface area contributed by atoms with Gasteiger partial charge in [0.15, 0.2) is 0 Å². The molecule has 1 fully saturated rings. The molecule has 2 nitrogen and oxygen atoms in total. The molecule has 1 atom stereocenters. The molecule has 1 saturated carbocycles. The highest BCUT2D eigenvalue weighted by atomic mass is 32.1. The van der Waals surface area contributed by atoms with Gasteiger partial charge < -0.3 is 5.32 Å². The molecule has 1 aromatic heterocycles. The third-order valence-electron chi connectivity index (χ3n) is 3.39. The van der Waals surface area contributed by atoms with Crippen molar-refractivity contribution in [1.29, 1.82) is 0 Å². The molecule has 0 saturated heterocycles. The van der Waals surface area contributed by atoms with E-state index in [4.69, 9.17) is 0 Å². The molecule has 3 heteroatoms. The average molecular weight is 258 g/mol. The van der Waals surface area contributed by atoms with Crippen molar-refractivity contribution in [2.45, 2.75) is 32.4 Å². The summed E-state index contributed by atoms with van der Waals surface area (Å²) in [6.07, 6.45) is 4.66. The maximum Gasteiger partial charge on any atom is 0.107 e. The summed E-state index contributed by atoms with van der Waals surface area (Å²) in [7, 11) is 0. The Labute approximate surface area is 112 Å². The average Bonchev–Trinajstić information content (AvgIpc) is 3.14. The summed E-state index contributed by atoms with van der Waals surface area (Å²) in [5, 5.41) is 4.86. The first-order chi connectivity index (χ1) is 8.83. The van der Waals surface area contributed by atoms with Gasteiger partial charge >= 0.3 is 0 Å². The minimum absolute atomic E-state index is 0.496. The molecule has 1 aliphatic carbocycles. The van der Waals surface area contributed by atoms with Crippen LogP contribution in [0, 0.1) is 12.8 Å². The number of benzene rings is 1. The number of hydrogen-bond donors (Lipinski definition) is 1. The largest absolute Gasteiger partial charge is 0.303 e. The van der Waals surface area contributed by atoms with Gasteiger partial charge in [0.25, 0.3) is 0 Å². The molecule has 1 unspecified atom stereocenters. The number of thiazole rings is 1. The lowest BCUT2D eigenvalue weighted by Crippen LogP contribution is -2.22. The Hall–Kier alpha value is -1.19. The lowest BCUT2D eigenvalue weighted by atomic mass is 10.0. The number of nitrogens with zero attached hydrogens (tertiary/aromatic N) is 1. The molecular formula is C15H18N2S. The van der Waals surface area contributed by atoms with Crippen molar-refractivity contribution >= 4 is 11.3 Å². The second-order valence-corrected chi connectivity index (χ2v) is 6.29. The van der Waals surface area contributed by atoms with E-state index in [2.05, 4.69) is 47.6 Å². The van der Waals surface area contributed by atoms with Gasteiger partial charge in [0.05, 0.1) is 0 Å². The maximum atomic E-state index is 4.42. The smallest absolute Gasteiger partial charge is 0.107 e. The highest BCUT2D eigenvalue weighted by molar-refractivity contribution is 7.11. The summed E-state index contributed by atoms with van der Waals surface area (Å²) in [4.78, 5) is 5.70.